The molecule has 1 aliphatic rings. The summed E-state index contributed by atoms with van der Waals surface area (Å²) in [6.45, 7) is 11.3. The van der Waals surface area contributed by atoms with E-state index in [0.717, 1.165) is 23.4 Å². The molecular weight excluding hydrogens is 370 g/mol. The normalized spacial score (nSPS) is 14.6. The predicted molar refractivity (Wildman–Crippen MR) is 109 cm³/mol. The third-order valence-electron chi connectivity index (χ3n) is 5.20. The van der Waals surface area contributed by atoms with Gasteiger partial charge >= 0.3 is 6.09 Å². The molecule has 0 aromatic carbocycles. The number of hydrogen-bond acceptors (Lipinski definition) is 5. The second-order valence-electron chi connectivity index (χ2n) is 7.97. The van der Waals surface area contributed by atoms with Crippen LogP contribution in [0.4, 0.5) is 4.79 Å². The van der Waals surface area contributed by atoms with Gasteiger partial charge in [0.05, 0.1) is 31.3 Å². The van der Waals surface area contributed by atoms with Crippen LogP contribution in [0.25, 0.3) is 0 Å². The van der Waals surface area contributed by atoms with Crippen LogP contribution in [-0.2, 0) is 22.5 Å². The Balaban J connectivity index is 1.86. The summed E-state index contributed by atoms with van der Waals surface area (Å²) in [5.41, 5.74) is 3.04. The number of nitrogens with zero attached hydrogens (tertiary/aromatic N) is 5. The van der Waals surface area contributed by atoms with Crippen LogP contribution in [0.1, 0.15) is 50.1 Å². The molecule has 8 nitrogen and oxygen atoms in total. The first-order chi connectivity index (χ1) is 13.8. The maximum Gasteiger partial charge on any atom is 0.409 e. The minimum atomic E-state index is -0.288. The van der Waals surface area contributed by atoms with Gasteiger partial charge in [0.2, 0.25) is 5.91 Å². The molecule has 0 atom stereocenters. The highest BCUT2D eigenvalue weighted by Crippen LogP contribution is 2.17. The Morgan fingerprint density at radius 3 is 2.55 bits per heavy atom. The highest BCUT2D eigenvalue weighted by molar-refractivity contribution is 5.76. The zero-order chi connectivity index (χ0) is 21.4. The molecule has 8 heteroatoms. The van der Waals surface area contributed by atoms with Crippen molar-refractivity contribution in [3.8, 4) is 6.07 Å². The van der Waals surface area contributed by atoms with Gasteiger partial charge in [0.15, 0.2) is 0 Å². The summed E-state index contributed by atoms with van der Waals surface area (Å²) < 4.78 is 7.16. The minimum Gasteiger partial charge on any atom is -0.449 e. The van der Waals surface area contributed by atoms with Crippen molar-refractivity contribution in [1.29, 1.82) is 5.26 Å². The van der Waals surface area contributed by atoms with Crippen LogP contribution < -0.4 is 0 Å². The van der Waals surface area contributed by atoms with Crippen LogP contribution in [0.2, 0.25) is 0 Å². The monoisotopic (exact) mass is 403 g/mol. The standard InChI is InChI=1S/C21H33N5O3/c1-16(2)15-29-21(28)25-11-6-10-24(13-14-25)20(27)8-7-19-17(3)23-26(18(19)4)12-5-9-22/h16H,5-8,10-15H2,1-4H3. The summed E-state index contributed by atoms with van der Waals surface area (Å²) in [4.78, 5) is 28.4. The average Bonchev–Trinajstić information content (AvgIpc) is 2.86. The van der Waals surface area contributed by atoms with E-state index in [1.807, 2.05) is 37.3 Å². The van der Waals surface area contributed by atoms with E-state index in [4.69, 9.17) is 10.00 Å². The van der Waals surface area contributed by atoms with E-state index in [1.165, 1.54) is 0 Å². The highest BCUT2D eigenvalue weighted by atomic mass is 16.6. The summed E-state index contributed by atoms with van der Waals surface area (Å²) in [6, 6.07) is 2.14. The molecule has 0 radical (unpaired) electrons. The Labute approximate surface area is 173 Å². The second kappa shape index (κ2) is 10.8. The lowest BCUT2D eigenvalue weighted by molar-refractivity contribution is -0.131. The van der Waals surface area contributed by atoms with Gasteiger partial charge in [-0.3, -0.25) is 9.48 Å². The lowest BCUT2D eigenvalue weighted by Crippen LogP contribution is -2.38. The lowest BCUT2D eigenvalue weighted by atomic mass is 10.1. The number of aromatic nitrogens is 2. The smallest absolute Gasteiger partial charge is 0.409 e. The Morgan fingerprint density at radius 1 is 1.17 bits per heavy atom. The molecule has 0 spiro atoms. The van der Waals surface area contributed by atoms with Gasteiger partial charge in [-0.1, -0.05) is 13.8 Å². The molecule has 2 heterocycles. The zero-order valence-electron chi connectivity index (χ0n) is 18.1. The van der Waals surface area contributed by atoms with Gasteiger partial charge < -0.3 is 14.5 Å². The van der Waals surface area contributed by atoms with Crippen LogP contribution in [0, 0.1) is 31.1 Å². The Kier molecular flexibility index (Phi) is 8.50. The number of ether oxygens (including phenoxy) is 1. The molecule has 1 fully saturated rings. The molecule has 0 saturated carbocycles. The number of nitriles is 1. The fourth-order valence-electron chi connectivity index (χ4n) is 3.54. The maximum absolute atomic E-state index is 12.7. The number of amides is 2. The van der Waals surface area contributed by atoms with Crippen LogP contribution in [-0.4, -0.2) is 64.4 Å². The Hall–Kier alpha value is -2.56. The maximum atomic E-state index is 12.7. The fraction of sp³-hybridized carbons (Fsp3) is 0.714. The summed E-state index contributed by atoms with van der Waals surface area (Å²) >= 11 is 0. The van der Waals surface area contributed by atoms with E-state index in [0.29, 0.717) is 64.5 Å². The first kappa shape index (κ1) is 22.7. The van der Waals surface area contributed by atoms with Crippen LogP contribution in [0.5, 0.6) is 0 Å². The van der Waals surface area contributed by atoms with Crippen LogP contribution >= 0.6 is 0 Å². The summed E-state index contributed by atoms with van der Waals surface area (Å²) in [6.07, 6.45) is 1.95. The van der Waals surface area contributed by atoms with Gasteiger partial charge in [-0.25, -0.2) is 4.79 Å². The van der Waals surface area contributed by atoms with Crippen molar-refractivity contribution in [3.05, 3.63) is 17.0 Å². The number of aryl methyl sites for hydroxylation is 2. The van der Waals surface area contributed by atoms with Crippen molar-refractivity contribution in [1.82, 2.24) is 19.6 Å². The molecule has 0 unspecified atom stereocenters. The molecular formula is C21H33N5O3. The molecule has 160 valence electrons. The lowest BCUT2D eigenvalue weighted by Gasteiger charge is -2.22. The molecule has 1 aliphatic heterocycles. The van der Waals surface area contributed by atoms with Crippen molar-refractivity contribution >= 4 is 12.0 Å². The largest absolute Gasteiger partial charge is 0.449 e. The zero-order valence-corrected chi connectivity index (χ0v) is 18.1. The Bertz CT molecular complexity index is 750. The SMILES string of the molecule is Cc1nn(CCC#N)c(C)c1CCC(=O)N1CCCN(C(=O)OCC(C)C)CC1. The van der Waals surface area contributed by atoms with E-state index >= 15 is 0 Å². The molecule has 0 N–H and O–H groups in total. The average molecular weight is 404 g/mol. The van der Waals surface area contributed by atoms with E-state index in [1.54, 1.807) is 4.90 Å². The van der Waals surface area contributed by atoms with Gasteiger partial charge in [0.25, 0.3) is 0 Å². The van der Waals surface area contributed by atoms with Crippen molar-refractivity contribution in [2.45, 2.75) is 59.9 Å². The molecule has 29 heavy (non-hydrogen) atoms. The Morgan fingerprint density at radius 2 is 1.86 bits per heavy atom. The van der Waals surface area contributed by atoms with E-state index in [-0.39, 0.29) is 12.0 Å². The van der Waals surface area contributed by atoms with Gasteiger partial charge in [-0.05, 0) is 38.2 Å². The minimum absolute atomic E-state index is 0.103. The predicted octanol–water partition coefficient (Wildman–Crippen LogP) is 2.67. The quantitative estimate of drug-likeness (QED) is 0.698. The third-order valence-corrected chi connectivity index (χ3v) is 5.20. The summed E-state index contributed by atoms with van der Waals surface area (Å²) in [7, 11) is 0. The first-order valence-corrected chi connectivity index (χ1v) is 10.4. The van der Waals surface area contributed by atoms with E-state index < -0.39 is 0 Å². The van der Waals surface area contributed by atoms with Crippen molar-refractivity contribution in [2.24, 2.45) is 5.92 Å². The van der Waals surface area contributed by atoms with E-state index in [2.05, 4.69) is 11.2 Å². The molecule has 2 amide bonds. The fourth-order valence-corrected chi connectivity index (χ4v) is 3.54. The molecule has 1 aromatic heterocycles. The third kappa shape index (κ3) is 6.48. The number of hydrogen-bond donors (Lipinski definition) is 0. The second-order valence-corrected chi connectivity index (χ2v) is 7.97. The molecule has 0 aliphatic carbocycles. The topological polar surface area (TPSA) is 91.5 Å². The van der Waals surface area contributed by atoms with Gasteiger partial charge in [-0.2, -0.15) is 10.4 Å². The molecule has 0 bridgehead atoms. The van der Waals surface area contributed by atoms with Gasteiger partial charge in [-0.15, -0.1) is 0 Å². The van der Waals surface area contributed by atoms with Gasteiger partial charge in [0.1, 0.15) is 0 Å². The number of rotatable bonds is 7. The van der Waals surface area contributed by atoms with Crippen molar-refractivity contribution in [3.63, 3.8) is 0 Å². The van der Waals surface area contributed by atoms with Gasteiger partial charge in [0, 0.05) is 38.3 Å². The molecule has 1 saturated heterocycles. The van der Waals surface area contributed by atoms with Crippen molar-refractivity contribution in [2.75, 3.05) is 32.8 Å². The molecule has 2 rings (SSSR count). The van der Waals surface area contributed by atoms with Crippen LogP contribution in [0.3, 0.4) is 0 Å². The van der Waals surface area contributed by atoms with Crippen LogP contribution in [0.15, 0.2) is 0 Å². The summed E-state index contributed by atoms with van der Waals surface area (Å²) in [5, 5.41) is 13.3. The van der Waals surface area contributed by atoms with Crippen molar-refractivity contribution < 1.29 is 14.3 Å². The highest BCUT2D eigenvalue weighted by Gasteiger charge is 2.23. The summed E-state index contributed by atoms with van der Waals surface area (Å²) in [5.74, 6) is 0.408. The molecule has 1 aromatic rings. The number of carbonyl (C=O) groups is 2. The first-order valence-electron chi connectivity index (χ1n) is 10.4. The number of carbonyl (C=O) groups excluding carboxylic acids is 2. The van der Waals surface area contributed by atoms with E-state index in [9.17, 15) is 9.59 Å².